The Balaban J connectivity index is 4.03. The molecule has 0 aliphatic carbocycles. The lowest BCUT2D eigenvalue weighted by Crippen LogP contribution is -1.92. The van der Waals surface area contributed by atoms with Crippen LogP contribution in [0.4, 0.5) is 0 Å². The molecule has 0 aliphatic heterocycles. The maximum Gasteiger partial charge on any atom is 0.229 e. The van der Waals surface area contributed by atoms with E-state index in [1.165, 1.54) is 0 Å². The zero-order valence-corrected chi connectivity index (χ0v) is 7.63. The molecule has 3 nitrogen and oxygen atoms in total. The molecule has 0 spiro atoms. The average Bonchev–Trinajstić information content (AvgIpc) is 1.99. The zero-order chi connectivity index (χ0) is 8.85. The molecular formula is C8H16N2O. The molecule has 0 aromatic carbocycles. The van der Waals surface area contributed by atoms with E-state index in [0.29, 0.717) is 0 Å². The van der Waals surface area contributed by atoms with Crippen LogP contribution in [0.5, 0.6) is 0 Å². The van der Waals surface area contributed by atoms with Crippen LogP contribution in [0.15, 0.2) is 21.7 Å². The summed E-state index contributed by atoms with van der Waals surface area (Å²) in [6.45, 7) is 7.58. The van der Waals surface area contributed by atoms with E-state index in [2.05, 4.69) is 10.2 Å². The van der Waals surface area contributed by atoms with Crippen LogP contribution in [0.2, 0.25) is 0 Å². The average molecular weight is 156 g/mol. The molecule has 0 aromatic rings. The molecule has 0 heterocycles. The van der Waals surface area contributed by atoms with Gasteiger partial charge in [0.25, 0.3) is 0 Å². The summed E-state index contributed by atoms with van der Waals surface area (Å²) in [6, 6.07) is 0.191. The van der Waals surface area contributed by atoms with Crippen LogP contribution in [-0.2, 0) is 0 Å². The lowest BCUT2D eigenvalue weighted by Gasteiger charge is -1.98. The normalized spacial score (nSPS) is 13.5. The highest BCUT2D eigenvalue weighted by Crippen LogP contribution is 2.03. The van der Waals surface area contributed by atoms with Crippen molar-refractivity contribution in [2.75, 3.05) is 0 Å². The Morgan fingerprint density at radius 3 is 2.36 bits per heavy atom. The summed E-state index contributed by atoms with van der Waals surface area (Å²) < 4.78 is 0. The van der Waals surface area contributed by atoms with E-state index in [1.54, 1.807) is 13.8 Å². The molecule has 0 bridgehead atoms. The van der Waals surface area contributed by atoms with E-state index in [-0.39, 0.29) is 11.9 Å². The van der Waals surface area contributed by atoms with Gasteiger partial charge in [0.1, 0.15) is 0 Å². The SMILES string of the molecule is CCC(C)/N=N\C(O)=C(C)C. The van der Waals surface area contributed by atoms with Gasteiger partial charge in [-0.1, -0.05) is 6.92 Å². The van der Waals surface area contributed by atoms with Crippen molar-refractivity contribution in [1.82, 2.24) is 0 Å². The highest BCUT2D eigenvalue weighted by molar-refractivity contribution is 4.97. The highest BCUT2D eigenvalue weighted by Gasteiger charge is 1.95. The Morgan fingerprint density at radius 2 is 2.00 bits per heavy atom. The molecule has 11 heavy (non-hydrogen) atoms. The second-order valence-electron chi connectivity index (χ2n) is 2.80. The van der Waals surface area contributed by atoms with E-state index >= 15 is 0 Å². The molecule has 1 atom stereocenters. The standard InChI is InChI=1S/C8H16N2O/c1-5-7(4)9-10-8(11)6(2)3/h7,11H,5H2,1-4H3/b10-9-. The van der Waals surface area contributed by atoms with Crippen molar-refractivity contribution in [3.8, 4) is 0 Å². The number of azo groups is 1. The maximum absolute atomic E-state index is 9.09. The Bertz CT molecular complexity index is 169. The van der Waals surface area contributed by atoms with Crippen LogP contribution < -0.4 is 0 Å². The van der Waals surface area contributed by atoms with Gasteiger partial charge in [0.15, 0.2) is 0 Å². The summed E-state index contributed by atoms with van der Waals surface area (Å²) in [4.78, 5) is 0. The molecule has 64 valence electrons. The van der Waals surface area contributed by atoms with Gasteiger partial charge in [-0.15, -0.1) is 5.11 Å². The second kappa shape index (κ2) is 4.88. The summed E-state index contributed by atoms with van der Waals surface area (Å²) in [6.07, 6.45) is 0.944. The van der Waals surface area contributed by atoms with Gasteiger partial charge in [0, 0.05) is 0 Å². The van der Waals surface area contributed by atoms with Gasteiger partial charge in [-0.05, 0) is 32.8 Å². The van der Waals surface area contributed by atoms with Crippen molar-refractivity contribution < 1.29 is 5.11 Å². The van der Waals surface area contributed by atoms with Gasteiger partial charge < -0.3 is 5.11 Å². The predicted molar refractivity (Wildman–Crippen MR) is 45.6 cm³/mol. The Kier molecular flexibility index (Phi) is 4.50. The number of hydrogen-bond donors (Lipinski definition) is 1. The maximum atomic E-state index is 9.09. The van der Waals surface area contributed by atoms with Crippen LogP contribution in [0, 0.1) is 0 Å². The first-order valence-corrected chi connectivity index (χ1v) is 3.85. The third kappa shape index (κ3) is 4.53. The lowest BCUT2D eigenvalue weighted by atomic mass is 10.3. The first-order chi connectivity index (χ1) is 5.07. The quantitative estimate of drug-likeness (QED) is 0.495. The number of aliphatic hydroxyl groups excluding tert-OH is 1. The molecule has 3 heteroatoms. The number of rotatable bonds is 3. The highest BCUT2D eigenvalue weighted by atomic mass is 16.3. The van der Waals surface area contributed by atoms with Crippen molar-refractivity contribution in [2.45, 2.75) is 40.2 Å². The minimum absolute atomic E-state index is 0.0327. The van der Waals surface area contributed by atoms with Gasteiger partial charge in [-0.25, -0.2) is 0 Å². The molecule has 0 aliphatic rings. The van der Waals surface area contributed by atoms with Crippen molar-refractivity contribution in [3.63, 3.8) is 0 Å². The number of allylic oxidation sites excluding steroid dienone is 1. The summed E-state index contributed by atoms with van der Waals surface area (Å²) in [5, 5.41) is 16.6. The van der Waals surface area contributed by atoms with Crippen molar-refractivity contribution in [2.24, 2.45) is 10.2 Å². The molecule has 1 unspecified atom stereocenters. The Labute approximate surface area is 67.8 Å². The third-order valence-corrected chi connectivity index (χ3v) is 1.39. The lowest BCUT2D eigenvalue weighted by molar-refractivity contribution is 0.387. The third-order valence-electron chi connectivity index (χ3n) is 1.39. The molecule has 0 rings (SSSR count). The van der Waals surface area contributed by atoms with E-state index in [4.69, 9.17) is 5.11 Å². The molecule has 0 saturated heterocycles. The molecular weight excluding hydrogens is 140 g/mol. The summed E-state index contributed by atoms with van der Waals surface area (Å²) in [5.74, 6) is 0.0327. The molecule has 0 radical (unpaired) electrons. The van der Waals surface area contributed by atoms with Gasteiger partial charge in [-0.3, -0.25) is 0 Å². The van der Waals surface area contributed by atoms with Crippen LogP contribution >= 0.6 is 0 Å². The minimum atomic E-state index is 0.0327. The molecule has 1 N–H and O–H groups in total. The fraction of sp³-hybridized carbons (Fsp3) is 0.750. The fourth-order valence-corrected chi connectivity index (χ4v) is 0.335. The van der Waals surface area contributed by atoms with Crippen LogP contribution in [0.3, 0.4) is 0 Å². The first kappa shape index (κ1) is 10.1. The first-order valence-electron chi connectivity index (χ1n) is 3.85. The van der Waals surface area contributed by atoms with Gasteiger partial charge in [0.2, 0.25) is 5.88 Å². The molecule has 0 saturated carbocycles. The number of hydrogen-bond acceptors (Lipinski definition) is 3. The van der Waals surface area contributed by atoms with Crippen LogP contribution in [-0.4, -0.2) is 11.1 Å². The monoisotopic (exact) mass is 156 g/mol. The van der Waals surface area contributed by atoms with Crippen LogP contribution in [0.1, 0.15) is 34.1 Å². The van der Waals surface area contributed by atoms with Crippen molar-refractivity contribution in [1.29, 1.82) is 0 Å². The summed E-state index contributed by atoms with van der Waals surface area (Å²) in [5.41, 5.74) is 0.789. The van der Waals surface area contributed by atoms with E-state index in [9.17, 15) is 0 Å². The number of nitrogens with zero attached hydrogens (tertiary/aromatic N) is 2. The minimum Gasteiger partial charge on any atom is -0.492 e. The Hall–Kier alpha value is -0.860. The van der Waals surface area contributed by atoms with E-state index in [0.717, 1.165) is 12.0 Å². The number of aliphatic hydroxyl groups is 1. The smallest absolute Gasteiger partial charge is 0.229 e. The van der Waals surface area contributed by atoms with Crippen molar-refractivity contribution in [3.05, 3.63) is 11.5 Å². The predicted octanol–water partition coefficient (Wildman–Crippen LogP) is 3.05. The van der Waals surface area contributed by atoms with Gasteiger partial charge in [0.05, 0.1) is 6.04 Å². The molecule has 0 aromatic heterocycles. The largest absolute Gasteiger partial charge is 0.492 e. The molecule has 0 fully saturated rings. The topological polar surface area (TPSA) is 45.0 Å². The van der Waals surface area contributed by atoms with Crippen LogP contribution in [0.25, 0.3) is 0 Å². The fourth-order valence-electron chi connectivity index (χ4n) is 0.335. The second-order valence-corrected chi connectivity index (χ2v) is 2.80. The van der Waals surface area contributed by atoms with Gasteiger partial charge in [-0.2, -0.15) is 5.11 Å². The van der Waals surface area contributed by atoms with Gasteiger partial charge >= 0.3 is 0 Å². The molecule has 0 amide bonds. The van der Waals surface area contributed by atoms with E-state index < -0.39 is 0 Å². The Morgan fingerprint density at radius 1 is 1.45 bits per heavy atom. The zero-order valence-electron chi connectivity index (χ0n) is 7.63. The van der Waals surface area contributed by atoms with E-state index in [1.807, 2.05) is 13.8 Å². The van der Waals surface area contributed by atoms with Crippen molar-refractivity contribution >= 4 is 0 Å². The summed E-state index contributed by atoms with van der Waals surface area (Å²) in [7, 11) is 0. The summed E-state index contributed by atoms with van der Waals surface area (Å²) >= 11 is 0.